The molecule has 1 saturated carbocycles. The molecule has 1 aromatic rings. The van der Waals surface area contributed by atoms with Crippen LogP contribution in [-0.4, -0.2) is 36.3 Å². The van der Waals surface area contributed by atoms with E-state index in [1.54, 1.807) is 6.07 Å². The highest BCUT2D eigenvalue weighted by molar-refractivity contribution is 5.78. The highest BCUT2D eigenvalue weighted by Crippen LogP contribution is 2.27. The summed E-state index contributed by atoms with van der Waals surface area (Å²) in [7, 11) is 0. The minimum absolute atomic E-state index is 0.00725. The Morgan fingerprint density at radius 3 is 2.64 bits per heavy atom. The molecule has 7 heteroatoms. The van der Waals surface area contributed by atoms with Crippen molar-refractivity contribution < 1.29 is 22.7 Å². The zero-order valence-corrected chi connectivity index (χ0v) is 12.3. The third-order valence-electron chi connectivity index (χ3n) is 3.49. The number of rotatable bonds is 7. The molecular weight excluding hydrogens is 297 g/mol. The quantitative estimate of drug-likeness (QED) is 0.841. The molecule has 0 bridgehead atoms. The number of hydrogen-bond donors (Lipinski definition) is 1. The van der Waals surface area contributed by atoms with Crippen LogP contribution < -0.4 is 10.1 Å². The lowest BCUT2D eigenvalue weighted by Crippen LogP contribution is -2.38. The van der Waals surface area contributed by atoms with E-state index in [1.165, 1.54) is 18.2 Å². The summed E-state index contributed by atoms with van der Waals surface area (Å²) in [6.07, 6.45) is -2.54. The largest absolute Gasteiger partial charge is 0.573 e. The van der Waals surface area contributed by atoms with Crippen LogP contribution in [0.4, 0.5) is 13.2 Å². The molecule has 0 aliphatic heterocycles. The SMILES string of the molecule is CCN(CC(=O)NCc1ccccc1OC(F)(F)F)C1CC1. The van der Waals surface area contributed by atoms with Crippen molar-refractivity contribution in [2.24, 2.45) is 0 Å². The third-order valence-corrected chi connectivity index (χ3v) is 3.49. The minimum Gasteiger partial charge on any atom is -0.405 e. The maximum absolute atomic E-state index is 12.3. The second kappa shape index (κ2) is 7.00. The summed E-state index contributed by atoms with van der Waals surface area (Å²) in [6, 6.07) is 6.26. The molecule has 0 heterocycles. The van der Waals surface area contributed by atoms with Gasteiger partial charge in [-0.2, -0.15) is 0 Å². The molecule has 2 rings (SSSR count). The summed E-state index contributed by atoms with van der Waals surface area (Å²) in [5, 5.41) is 2.64. The van der Waals surface area contributed by atoms with E-state index in [9.17, 15) is 18.0 Å². The first-order chi connectivity index (χ1) is 10.4. The summed E-state index contributed by atoms with van der Waals surface area (Å²) in [4.78, 5) is 14.0. The van der Waals surface area contributed by atoms with Crippen molar-refractivity contribution in [1.82, 2.24) is 10.2 Å². The molecule has 1 amide bonds. The van der Waals surface area contributed by atoms with Gasteiger partial charge in [0, 0.05) is 18.2 Å². The second-order valence-corrected chi connectivity index (χ2v) is 5.23. The number of halogens is 3. The monoisotopic (exact) mass is 316 g/mol. The number of hydrogen-bond acceptors (Lipinski definition) is 3. The van der Waals surface area contributed by atoms with Gasteiger partial charge >= 0.3 is 6.36 Å². The van der Waals surface area contributed by atoms with Gasteiger partial charge in [-0.1, -0.05) is 25.1 Å². The third kappa shape index (κ3) is 5.22. The lowest BCUT2D eigenvalue weighted by atomic mass is 10.2. The van der Waals surface area contributed by atoms with Crippen molar-refractivity contribution in [2.75, 3.05) is 13.1 Å². The van der Waals surface area contributed by atoms with Gasteiger partial charge in [-0.3, -0.25) is 9.69 Å². The number of carbonyl (C=O) groups is 1. The molecule has 0 aromatic heterocycles. The fourth-order valence-corrected chi connectivity index (χ4v) is 2.25. The number of ether oxygens (including phenoxy) is 1. The minimum atomic E-state index is -4.74. The Morgan fingerprint density at radius 1 is 1.36 bits per heavy atom. The Balaban J connectivity index is 1.89. The van der Waals surface area contributed by atoms with Crippen LogP contribution in [-0.2, 0) is 11.3 Å². The normalized spacial score (nSPS) is 15.0. The van der Waals surface area contributed by atoms with Gasteiger partial charge in [-0.15, -0.1) is 13.2 Å². The molecule has 22 heavy (non-hydrogen) atoms. The van der Waals surface area contributed by atoms with E-state index in [0.29, 0.717) is 11.6 Å². The molecule has 0 radical (unpaired) electrons. The number of alkyl halides is 3. The van der Waals surface area contributed by atoms with Gasteiger partial charge in [-0.05, 0) is 25.5 Å². The molecule has 1 aliphatic rings. The van der Waals surface area contributed by atoms with Crippen LogP contribution >= 0.6 is 0 Å². The smallest absolute Gasteiger partial charge is 0.405 e. The maximum Gasteiger partial charge on any atom is 0.573 e. The lowest BCUT2D eigenvalue weighted by molar-refractivity contribution is -0.274. The highest BCUT2D eigenvalue weighted by atomic mass is 19.4. The number of nitrogens with zero attached hydrogens (tertiary/aromatic N) is 1. The number of benzene rings is 1. The molecule has 0 atom stereocenters. The Morgan fingerprint density at radius 2 is 2.05 bits per heavy atom. The number of nitrogens with one attached hydrogen (secondary N) is 1. The summed E-state index contributed by atoms with van der Waals surface area (Å²) < 4.78 is 40.9. The Hall–Kier alpha value is -1.76. The molecule has 0 unspecified atom stereocenters. The first-order valence-corrected chi connectivity index (χ1v) is 7.23. The summed E-state index contributed by atoms with van der Waals surface area (Å²) in [5.74, 6) is -0.486. The fourth-order valence-electron chi connectivity index (χ4n) is 2.25. The number of amides is 1. The van der Waals surface area contributed by atoms with E-state index >= 15 is 0 Å². The standard InChI is InChI=1S/C15H19F3N2O2/c1-2-20(12-7-8-12)10-14(21)19-9-11-5-3-4-6-13(11)22-15(16,17)18/h3-6,12H,2,7-10H2,1H3,(H,19,21). The van der Waals surface area contributed by atoms with E-state index in [1.807, 2.05) is 6.92 Å². The van der Waals surface area contributed by atoms with E-state index in [2.05, 4.69) is 15.0 Å². The molecule has 0 spiro atoms. The molecule has 0 saturated heterocycles. The van der Waals surface area contributed by atoms with Gasteiger partial charge in [0.25, 0.3) is 0 Å². The van der Waals surface area contributed by atoms with Crippen molar-refractivity contribution in [3.05, 3.63) is 29.8 Å². The molecule has 4 nitrogen and oxygen atoms in total. The highest BCUT2D eigenvalue weighted by Gasteiger charge is 2.32. The Bertz CT molecular complexity index is 516. The first-order valence-electron chi connectivity index (χ1n) is 7.23. The van der Waals surface area contributed by atoms with E-state index in [-0.39, 0.29) is 24.7 Å². The lowest BCUT2D eigenvalue weighted by Gasteiger charge is -2.19. The molecule has 1 fully saturated rings. The van der Waals surface area contributed by atoms with Gasteiger partial charge in [0.1, 0.15) is 5.75 Å². The predicted octanol–water partition coefficient (Wildman–Crippen LogP) is 2.69. The van der Waals surface area contributed by atoms with E-state index in [0.717, 1.165) is 19.4 Å². The van der Waals surface area contributed by atoms with Crippen LogP contribution in [0.2, 0.25) is 0 Å². The zero-order valence-electron chi connectivity index (χ0n) is 12.3. The van der Waals surface area contributed by atoms with Crippen LogP contribution in [0.15, 0.2) is 24.3 Å². The van der Waals surface area contributed by atoms with Crippen LogP contribution in [0, 0.1) is 0 Å². The van der Waals surface area contributed by atoms with Crippen molar-refractivity contribution >= 4 is 5.91 Å². The molecular formula is C15H19F3N2O2. The Kier molecular flexibility index (Phi) is 5.28. The topological polar surface area (TPSA) is 41.6 Å². The molecule has 1 aromatic carbocycles. The van der Waals surface area contributed by atoms with Crippen molar-refractivity contribution in [3.63, 3.8) is 0 Å². The van der Waals surface area contributed by atoms with Crippen LogP contribution in [0.25, 0.3) is 0 Å². The van der Waals surface area contributed by atoms with Crippen LogP contribution in [0.3, 0.4) is 0 Å². The van der Waals surface area contributed by atoms with Crippen molar-refractivity contribution in [2.45, 2.75) is 38.7 Å². The van der Waals surface area contributed by atoms with E-state index in [4.69, 9.17) is 0 Å². The maximum atomic E-state index is 12.3. The average molecular weight is 316 g/mol. The van der Waals surface area contributed by atoms with Gasteiger partial charge in [0.15, 0.2) is 0 Å². The number of carbonyl (C=O) groups excluding carboxylic acids is 1. The summed E-state index contributed by atoms with van der Waals surface area (Å²) in [6.45, 7) is 3.04. The zero-order chi connectivity index (χ0) is 16.2. The molecule has 122 valence electrons. The van der Waals surface area contributed by atoms with Crippen LogP contribution in [0.5, 0.6) is 5.75 Å². The average Bonchev–Trinajstić information content (AvgIpc) is 3.26. The molecule has 1 N–H and O–H groups in total. The number of likely N-dealkylation sites (N-methyl/N-ethyl adjacent to an activating group) is 1. The van der Waals surface area contributed by atoms with Gasteiger partial charge < -0.3 is 10.1 Å². The summed E-state index contributed by atoms with van der Waals surface area (Å²) in [5.41, 5.74) is 0.294. The van der Waals surface area contributed by atoms with Gasteiger partial charge in [0.05, 0.1) is 6.54 Å². The number of para-hydroxylation sites is 1. The second-order valence-electron chi connectivity index (χ2n) is 5.23. The Labute approximate surface area is 127 Å². The summed E-state index contributed by atoms with van der Waals surface area (Å²) >= 11 is 0. The van der Waals surface area contributed by atoms with Crippen molar-refractivity contribution in [1.29, 1.82) is 0 Å². The van der Waals surface area contributed by atoms with Gasteiger partial charge in [0.2, 0.25) is 5.91 Å². The first kappa shape index (κ1) is 16.6. The van der Waals surface area contributed by atoms with E-state index < -0.39 is 6.36 Å². The molecule has 1 aliphatic carbocycles. The van der Waals surface area contributed by atoms with Gasteiger partial charge in [-0.25, -0.2) is 0 Å². The fraction of sp³-hybridized carbons (Fsp3) is 0.533. The van der Waals surface area contributed by atoms with Crippen molar-refractivity contribution in [3.8, 4) is 5.75 Å². The van der Waals surface area contributed by atoms with Crippen LogP contribution in [0.1, 0.15) is 25.3 Å². The predicted molar refractivity (Wildman–Crippen MR) is 75.2 cm³/mol.